The highest BCUT2D eigenvalue weighted by molar-refractivity contribution is 5.81. The van der Waals surface area contributed by atoms with Crippen molar-refractivity contribution >= 4 is 11.7 Å². The second kappa shape index (κ2) is 6.35. The molecule has 0 radical (unpaired) electrons. The fourth-order valence-corrected chi connectivity index (χ4v) is 2.16. The summed E-state index contributed by atoms with van der Waals surface area (Å²) in [6, 6.07) is 5.31. The lowest BCUT2D eigenvalue weighted by molar-refractivity contribution is -0.133. The van der Waals surface area contributed by atoms with Gasteiger partial charge >= 0.3 is 0 Å². The summed E-state index contributed by atoms with van der Waals surface area (Å²) in [4.78, 5) is 20.3. The summed E-state index contributed by atoms with van der Waals surface area (Å²) in [7, 11) is 0.0437. The molecule has 0 spiro atoms. The number of nitrogens with one attached hydrogen (secondary N) is 1. The number of hydrogen-bond acceptors (Lipinski definition) is 5. The fraction of sp³-hybridized carbons (Fsp3) is 0.500. The third kappa shape index (κ3) is 3.06. The zero-order valence-corrected chi connectivity index (χ0v) is 11.5. The molecule has 2 rings (SSSR count). The number of carbonyl (C=O) groups is 1. The maximum Gasteiger partial charge on any atom is 0.239 e. The van der Waals surface area contributed by atoms with E-state index >= 15 is 0 Å². The molecule has 1 fully saturated rings. The molecule has 1 saturated heterocycles. The van der Waals surface area contributed by atoms with Crippen LogP contribution in [0, 0.1) is 11.3 Å². The van der Waals surface area contributed by atoms with Gasteiger partial charge in [-0.15, -0.1) is 0 Å². The van der Waals surface area contributed by atoms with Crippen LogP contribution in [0.3, 0.4) is 0 Å². The van der Waals surface area contributed by atoms with Crippen LogP contribution in [-0.2, 0) is 4.79 Å². The molecule has 0 aliphatic carbocycles. The third-order valence-corrected chi connectivity index (χ3v) is 3.47. The van der Waals surface area contributed by atoms with Crippen molar-refractivity contribution in [3.8, 4) is 6.07 Å². The minimum Gasteiger partial charge on any atom is -0.353 e. The maximum atomic E-state index is 12.1. The normalized spacial score (nSPS) is 17.3. The molecule has 0 aromatic carbocycles. The van der Waals surface area contributed by atoms with Crippen molar-refractivity contribution < 1.29 is 6.17 Å². The van der Waals surface area contributed by atoms with E-state index in [1.54, 1.807) is 19.2 Å². The van der Waals surface area contributed by atoms with E-state index in [1.165, 1.54) is 0 Å². The molecule has 106 valence electrons. The predicted octanol–water partition coefficient (Wildman–Crippen LogP) is 0.210. The molecule has 1 aliphatic heterocycles. The van der Waals surface area contributed by atoms with Crippen molar-refractivity contribution in [2.75, 3.05) is 38.1 Å². The average Bonchev–Trinajstić information content (AvgIpc) is 2.54. The highest BCUT2D eigenvalue weighted by atomic mass is 16.2. The van der Waals surface area contributed by atoms with Crippen molar-refractivity contribution in [3.05, 3.63) is 23.9 Å². The first-order chi connectivity index (χ1) is 10.2. The number of rotatable bonds is 3. The monoisotopic (exact) mass is 274 g/mol. The Morgan fingerprint density at radius 1 is 1.50 bits per heavy atom. The van der Waals surface area contributed by atoms with E-state index in [9.17, 15) is 4.79 Å². The fourth-order valence-electron chi connectivity index (χ4n) is 2.16. The van der Waals surface area contributed by atoms with Gasteiger partial charge in [-0.2, -0.15) is 5.26 Å². The lowest BCUT2D eigenvalue weighted by Gasteiger charge is -2.36. The topological polar surface area (TPSA) is 72.3 Å². The van der Waals surface area contributed by atoms with E-state index in [1.807, 2.05) is 17.0 Å². The molecule has 1 aromatic heterocycles. The lowest BCUT2D eigenvalue weighted by atomic mass is 10.2. The number of pyridine rings is 1. The Balaban J connectivity index is 1.90. The van der Waals surface area contributed by atoms with Gasteiger partial charge in [-0.1, -0.05) is 0 Å². The third-order valence-electron chi connectivity index (χ3n) is 3.47. The first kappa shape index (κ1) is 12.9. The number of likely N-dealkylation sites (N-methyl/N-ethyl adjacent to an activating group) is 1. The van der Waals surface area contributed by atoms with Gasteiger partial charge in [0.25, 0.3) is 0 Å². The maximum absolute atomic E-state index is 12.1. The standard InChI is InChI=1S/C14H19N5O/c1-11(16-2)14(20)19-7-5-18(6-8-19)13-4-3-12(9-15)10-17-13/h3-4,10-11,16H,5-8H2,1-2H3/t11-/m0/s1/i2D. The summed E-state index contributed by atoms with van der Waals surface area (Å²) in [5.74, 6) is 0.869. The summed E-state index contributed by atoms with van der Waals surface area (Å²) in [6.07, 6.45) is 1.56. The Kier molecular flexibility index (Phi) is 4.09. The number of anilines is 1. The van der Waals surface area contributed by atoms with Gasteiger partial charge in [-0.25, -0.2) is 4.98 Å². The smallest absolute Gasteiger partial charge is 0.239 e. The zero-order chi connectivity index (χ0) is 15.2. The number of carbonyl (C=O) groups excluding carboxylic acids is 1. The van der Waals surface area contributed by atoms with Gasteiger partial charge in [0, 0.05) is 33.7 Å². The molecule has 1 aromatic rings. The van der Waals surface area contributed by atoms with E-state index in [2.05, 4.69) is 15.2 Å². The summed E-state index contributed by atoms with van der Waals surface area (Å²) in [5, 5.41) is 11.6. The highest BCUT2D eigenvalue weighted by Crippen LogP contribution is 2.14. The van der Waals surface area contributed by atoms with Crippen LogP contribution in [0.1, 0.15) is 13.9 Å². The van der Waals surface area contributed by atoms with Crippen molar-refractivity contribution in [1.82, 2.24) is 15.2 Å². The molecular weight excluding hydrogens is 254 g/mol. The number of nitriles is 1. The first-order valence-electron chi connectivity index (χ1n) is 7.29. The van der Waals surface area contributed by atoms with Crippen LogP contribution in [0.15, 0.2) is 18.3 Å². The molecule has 6 nitrogen and oxygen atoms in total. The van der Waals surface area contributed by atoms with Crippen LogP contribution in [0.4, 0.5) is 5.82 Å². The molecule has 1 atom stereocenters. The molecule has 1 aliphatic rings. The summed E-state index contributed by atoms with van der Waals surface area (Å²) in [6.45, 7) is 4.51. The van der Waals surface area contributed by atoms with E-state index in [4.69, 9.17) is 6.63 Å². The van der Waals surface area contributed by atoms with Gasteiger partial charge < -0.3 is 15.1 Å². The van der Waals surface area contributed by atoms with Crippen LogP contribution < -0.4 is 10.2 Å². The average molecular weight is 274 g/mol. The van der Waals surface area contributed by atoms with Crippen LogP contribution >= 0.6 is 0 Å². The van der Waals surface area contributed by atoms with Crippen LogP contribution in [0.2, 0.25) is 0 Å². The number of piperazine rings is 1. The van der Waals surface area contributed by atoms with Gasteiger partial charge in [-0.05, 0) is 26.1 Å². The SMILES string of the molecule is [2H]CN[C@@H](C)C(=O)N1CCN(c2ccc(C#N)cn2)CC1. The molecule has 0 unspecified atom stereocenters. The molecule has 20 heavy (non-hydrogen) atoms. The van der Waals surface area contributed by atoms with Crippen LogP contribution in [-0.4, -0.2) is 55.0 Å². The van der Waals surface area contributed by atoms with Gasteiger partial charge in [0.15, 0.2) is 0 Å². The molecule has 1 amide bonds. The molecular formula is C14H19N5O. The second-order valence-electron chi connectivity index (χ2n) is 4.76. The molecule has 6 heteroatoms. The number of nitrogens with zero attached hydrogens (tertiary/aromatic N) is 4. The molecule has 0 bridgehead atoms. The highest BCUT2D eigenvalue weighted by Gasteiger charge is 2.24. The Labute approximate surface area is 120 Å². The first-order valence-corrected chi connectivity index (χ1v) is 6.58. The largest absolute Gasteiger partial charge is 0.353 e. The second-order valence-corrected chi connectivity index (χ2v) is 4.76. The summed E-state index contributed by atoms with van der Waals surface area (Å²) < 4.78 is 7.10. The van der Waals surface area contributed by atoms with E-state index in [0.29, 0.717) is 18.7 Å². The van der Waals surface area contributed by atoms with Crippen molar-refractivity contribution in [3.63, 3.8) is 0 Å². The van der Waals surface area contributed by atoms with E-state index in [-0.39, 0.29) is 19.0 Å². The Morgan fingerprint density at radius 3 is 2.80 bits per heavy atom. The van der Waals surface area contributed by atoms with E-state index < -0.39 is 0 Å². The van der Waals surface area contributed by atoms with Gasteiger partial charge in [0.2, 0.25) is 5.91 Å². The number of hydrogen-bond donors (Lipinski definition) is 1. The minimum atomic E-state index is -0.318. The number of aromatic nitrogens is 1. The summed E-state index contributed by atoms with van der Waals surface area (Å²) in [5.41, 5.74) is 0.544. The van der Waals surface area contributed by atoms with Crippen LogP contribution in [0.5, 0.6) is 0 Å². The molecule has 1 N–H and O–H groups in total. The van der Waals surface area contributed by atoms with Crippen molar-refractivity contribution in [1.29, 1.82) is 5.26 Å². The molecule has 2 heterocycles. The molecule has 0 saturated carbocycles. The summed E-state index contributed by atoms with van der Waals surface area (Å²) >= 11 is 0. The minimum absolute atomic E-state index is 0.0367. The van der Waals surface area contributed by atoms with E-state index in [0.717, 1.165) is 18.9 Å². The Hall–Kier alpha value is -2.13. The Morgan fingerprint density at radius 2 is 2.25 bits per heavy atom. The van der Waals surface area contributed by atoms with Crippen molar-refractivity contribution in [2.45, 2.75) is 13.0 Å². The lowest BCUT2D eigenvalue weighted by Crippen LogP contribution is -2.53. The zero-order valence-electron chi connectivity index (χ0n) is 12.5. The Bertz CT molecular complexity index is 519. The number of amides is 1. The van der Waals surface area contributed by atoms with Gasteiger partial charge in [0.1, 0.15) is 11.9 Å². The van der Waals surface area contributed by atoms with Gasteiger partial charge in [-0.3, -0.25) is 4.79 Å². The van der Waals surface area contributed by atoms with Gasteiger partial charge in [0.05, 0.1) is 11.6 Å². The quantitative estimate of drug-likeness (QED) is 0.853. The predicted molar refractivity (Wildman–Crippen MR) is 76.3 cm³/mol. The van der Waals surface area contributed by atoms with Crippen LogP contribution in [0.25, 0.3) is 0 Å². The van der Waals surface area contributed by atoms with Crippen molar-refractivity contribution in [2.24, 2.45) is 0 Å².